The summed E-state index contributed by atoms with van der Waals surface area (Å²) in [5.74, 6) is -1.69. The van der Waals surface area contributed by atoms with E-state index in [-0.39, 0.29) is 0 Å². The molecule has 3 atom stereocenters. The zero-order chi connectivity index (χ0) is 11.4. The van der Waals surface area contributed by atoms with Crippen LogP contribution in [0.1, 0.15) is 18.4 Å². The Bertz CT molecular complexity index is 324. The zero-order valence-corrected chi connectivity index (χ0v) is 8.50. The quantitative estimate of drug-likeness (QED) is 0.676. The molecule has 15 heavy (non-hydrogen) atoms. The maximum absolute atomic E-state index is 10.8. The van der Waals surface area contributed by atoms with Gasteiger partial charge in [-0.15, -0.1) is 0 Å². The van der Waals surface area contributed by atoms with Gasteiger partial charge in [-0.2, -0.15) is 0 Å². The lowest BCUT2D eigenvalue weighted by molar-refractivity contribution is -0.139. The predicted octanol–water partition coefficient (Wildman–Crippen LogP) is 0.563. The number of carbonyl (C=O) groups is 1. The lowest BCUT2D eigenvalue weighted by Crippen LogP contribution is -2.41. The summed E-state index contributed by atoms with van der Waals surface area (Å²) in [5, 5.41) is 18.4. The van der Waals surface area contributed by atoms with E-state index < -0.39 is 24.0 Å². The summed E-state index contributed by atoms with van der Waals surface area (Å²) >= 11 is 0. The highest BCUT2D eigenvalue weighted by Gasteiger charge is 2.29. The van der Waals surface area contributed by atoms with Gasteiger partial charge in [0.25, 0.3) is 0 Å². The molecule has 1 rings (SSSR count). The van der Waals surface area contributed by atoms with Gasteiger partial charge >= 0.3 is 5.97 Å². The molecule has 4 nitrogen and oxygen atoms in total. The largest absolute Gasteiger partial charge is 0.480 e. The average molecular weight is 209 g/mol. The highest BCUT2D eigenvalue weighted by Crippen LogP contribution is 2.22. The number of hydrogen-bond acceptors (Lipinski definition) is 3. The molecule has 0 aliphatic carbocycles. The van der Waals surface area contributed by atoms with Crippen LogP contribution < -0.4 is 5.73 Å². The Labute approximate surface area is 88.3 Å². The second-order valence-electron chi connectivity index (χ2n) is 3.54. The minimum atomic E-state index is -1.11. The molecule has 0 aliphatic heterocycles. The monoisotopic (exact) mass is 209 g/mol. The Morgan fingerprint density at radius 3 is 2.27 bits per heavy atom. The first kappa shape index (κ1) is 11.7. The summed E-state index contributed by atoms with van der Waals surface area (Å²) in [4.78, 5) is 10.8. The molecule has 0 saturated heterocycles. The van der Waals surface area contributed by atoms with Crippen molar-refractivity contribution < 1.29 is 15.0 Å². The third kappa shape index (κ3) is 2.78. The molecule has 0 bridgehead atoms. The van der Waals surface area contributed by atoms with E-state index in [4.69, 9.17) is 10.8 Å². The van der Waals surface area contributed by atoms with Gasteiger partial charge in [0.05, 0.1) is 6.10 Å². The SMILES string of the molecule is CC(O)[C@H](c1ccccc1)[C@H](N)C(=O)O. The van der Waals surface area contributed by atoms with E-state index in [1.807, 2.05) is 6.07 Å². The molecule has 0 spiro atoms. The molecule has 0 amide bonds. The number of benzene rings is 1. The van der Waals surface area contributed by atoms with Crippen LogP contribution in [0, 0.1) is 0 Å². The Balaban J connectivity index is 2.99. The van der Waals surface area contributed by atoms with Crippen molar-refractivity contribution in [1.82, 2.24) is 0 Å². The molecule has 4 N–H and O–H groups in total. The van der Waals surface area contributed by atoms with Crippen LogP contribution in [0.25, 0.3) is 0 Å². The van der Waals surface area contributed by atoms with Crippen molar-refractivity contribution in [3.05, 3.63) is 35.9 Å². The van der Waals surface area contributed by atoms with Crippen LogP contribution in [-0.4, -0.2) is 28.3 Å². The summed E-state index contributed by atoms with van der Waals surface area (Å²) < 4.78 is 0. The van der Waals surface area contributed by atoms with Gasteiger partial charge in [0.15, 0.2) is 0 Å². The van der Waals surface area contributed by atoms with Gasteiger partial charge in [-0.05, 0) is 12.5 Å². The number of aliphatic carboxylic acids is 1. The number of carboxylic acids is 1. The minimum Gasteiger partial charge on any atom is -0.480 e. The molecule has 1 unspecified atom stereocenters. The van der Waals surface area contributed by atoms with Crippen LogP contribution in [0.5, 0.6) is 0 Å². The highest BCUT2D eigenvalue weighted by atomic mass is 16.4. The highest BCUT2D eigenvalue weighted by molar-refractivity contribution is 5.74. The van der Waals surface area contributed by atoms with Crippen molar-refractivity contribution in [2.45, 2.75) is 25.0 Å². The standard InChI is InChI=1S/C11H15NO3/c1-7(13)9(10(12)11(14)15)8-5-3-2-4-6-8/h2-7,9-10,13H,12H2,1H3,(H,14,15)/t7?,9-,10+/m1/s1. The van der Waals surface area contributed by atoms with Gasteiger partial charge in [-0.3, -0.25) is 4.79 Å². The fourth-order valence-corrected chi connectivity index (χ4v) is 1.61. The van der Waals surface area contributed by atoms with Crippen LogP contribution in [0.15, 0.2) is 30.3 Å². The number of hydrogen-bond donors (Lipinski definition) is 3. The van der Waals surface area contributed by atoms with Gasteiger partial charge in [-0.1, -0.05) is 30.3 Å². The lowest BCUT2D eigenvalue weighted by Gasteiger charge is -2.23. The van der Waals surface area contributed by atoms with E-state index in [1.165, 1.54) is 0 Å². The van der Waals surface area contributed by atoms with Gasteiger partial charge in [0.1, 0.15) is 6.04 Å². The summed E-state index contributed by atoms with van der Waals surface area (Å²) in [6.07, 6.45) is -0.793. The fourth-order valence-electron chi connectivity index (χ4n) is 1.61. The first-order chi connectivity index (χ1) is 7.04. The molecule has 1 aromatic rings. The molecule has 0 aromatic heterocycles. The molecular formula is C11H15NO3. The van der Waals surface area contributed by atoms with E-state index in [0.717, 1.165) is 5.56 Å². The second-order valence-corrected chi connectivity index (χ2v) is 3.54. The topological polar surface area (TPSA) is 83.5 Å². The number of nitrogens with two attached hydrogens (primary N) is 1. The van der Waals surface area contributed by atoms with Crippen molar-refractivity contribution in [3.8, 4) is 0 Å². The fraction of sp³-hybridized carbons (Fsp3) is 0.364. The van der Waals surface area contributed by atoms with Crippen LogP contribution in [0.3, 0.4) is 0 Å². The van der Waals surface area contributed by atoms with Gasteiger partial charge < -0.3 is 15.9 Å². The molecule has 82 valence electrons. The molecule has 0 radical (unpaired) electrons. The van der Waals surface area contributed by atoms with E-state index in [0.29, 0.717) is 0 Å². The van der Waals surface area contributed by atoms with E-state index in [2.05, 4.69) is 0 Å². The average Bonchev–Trinajstić information content (AvgIpc) is 2.18. The first-order valence-corrected chi connectivity index (χ1v) is 4.75. The van der Waals surface area contributed by atoms with E-state index in [1.54, 1.807) is 31.2 Å². The van der Waals surface area contributed by atoms with Crippen molar-refractivity contribution in [1.29, 1.82) is 0 Å². The molecule has 1 aromatic carbocycles. The van der Waals surface area contributed by atoms with E-state index >= 15 is 0 Å². The van der Waals surface area contributed by atoms with E-state index in [9.17, 15) is 9.90 Å². The smallest absolute Gasteiger partial charge is 0.321 e. The van der Waals surface area contributed by atoms with Crippen molar-refractivity contribution in [3.63, 3.8) is 0 Å². The molecule has 0 heterocycles. The Morgan fingerprint density at radius 2 is 1.87 bits per heavy atom. The van der Waals surface area contributed by atoms with Crippen LogP contribution in [-0.2, 0) is 4.79 Å². The zero-order valence-electron chi connectivity index (χ0n) is 8.50. The molecule has 0 aliphatic rings. The minimum absolute atomic E-state index is 0.580. The van der Waals surface area contributed by atoms with Gasteiger partial charge in [0.2, 0.25) is 0 Å². The van der Waals surface area contributed by atoms with Gasteiger partial charge in [-0.25, -0.2) is 0 Å². The van der Waals surface area contributed by atoms with Crippen LogP contribution in [0.4, 0.5) is 0 Å². The maximum atomic E-state index is 10.8. The number of rotatable bonds is 4. The third-order valence-corrected chi connectivity index (χ3v) is 2.38. The van der Waals surface area contributed by atoms with Crippen LogP contribution in [0.2, 0.25) is 0 Å². The number of carboxylic acid groups (broad SMARTS) is 1. The van der Waals surface area contributed by atoms with Gasteiger partial charge in [0, 0.05) is 5.92 Å². The summed E-state index contributed by atoms with van der Waals surface area (Å²) in [6.45, 7) is 1.54. The first-order valence-electron chi connectivity index (χ1n) is 4.75. The normalized spacial score (nSPS) is 16.7. The molecule has 0 saturated carbocycles. The number of aliphatic hydroxyl groups is 1. The molecule has 0 fully saturated rings. The summed E-state index contributed by atoms with van der Waals surface area (Å²) in [6, 6.07) is 7.85. The molecular weight excluding hydrogens is 194 g/mol. The lowest BCUT2D eigenvalue weighted by atomic mass is 9.88. The summed E-state index contributed by atoms with van der Waals surface area (Å²) in [7, 11) is 0. The summed E-state index contributed by atoms with van der Waals surface area (Å²) in [5.41, 5.74) is 6.27. The Kier molecular flexibility index (Phi) is 3.82. The predicted molar refractivity (Wildman–Crippen MR) is 56.5 cm³/mol. The van der Waals surface area contributed by atoms with Crippen molar-refractivity contribution in [2.75, 3.05) is 0 Å². The molecule has 4 heteroatoms. The Morgan fingerprint density at radius 1 is 1.33 bits per heavy atom. The Hall–Kier alpha value is -1.39. The van der Waals surface area contributed by atoms with Crippen molar-refractivity contribution in [2.24, 2.45) is 5.73 Å². The number of aliphatic hydroxyl groups excluding tert-OH is 1. The van der Waals surface area contributed by atoms with Crippen molar-refractivity contribution >= 4 is 5.97 Å². The maximum Gasteiger partial charge on any atom is 0.321 e. The van der Waals surface area contributed by atoms with Crippen LogP contribution >= 0.6 is 0 Å². The third-order valence-electron chi connectivity index (χ3n) is 2.38. The second kappa shape index (κ2) is 4.91.